The number of rotatable bonds is 5. The molecular formula is C20H27NO3. The lowest BCUT2D eigenvalue weighted by atomic mass is 9.91. The molecule has 1 aromatic rings. The predicted octanol–water partition coefficient (Wildman–Crippen LogP) is 3.57. The van der Waals surface area contributed by atoms with E-state index in [4.69, 9.17) is 9.47 Å². The molecule has 1 N–H and O–H groups in total. The Morgan fingerprint density at radius 2 is 1.96 bits per heavy atom. The molecule has 130 valence electrons. The predicted molar refractivity (Wildman–Crippen MR) is 93.2 cm³/mol. The van der Waals surface area contributed by atoms with Crippen molar-refractivity contribution in [3.63, 3.8) is 0 Å². The Balaban J connectivity index is 1.78. The number of hydrogen-bond donors (Lipinski definition) is 1. The Morgan fingerprint density at radius 3 is 2.62 bits per heavy atom. The maximum absolute atomic E-state index is 12.2. The summed E-state index contributed by atoms with van der Waals surface area (Å²) in [7, 11) is 1.43. The minimum Gasteiger partial charge on any atom is -0.466 e. The fourth-order valence-corrected chi connectivity index (χ4v) is 3.91. The molecule has 1 heterocycles. The average molecular weight is 329 g/mol. The minimum absolute atomic E-state index is 0.203. The molecule has 1 aliphatic heterocycles. The molecule has 0 amide bonds. The molecule has 0 bridgehead atoms. The molecule has 1 saturated carbocycles. The van der Waals surface area contributed by atoms with Gasteiger partial charge in [0, 0.05) is 18.7 Å². The van der Waals surface area contributed by atoms with Crippen LogP contribution in [0.4, 0.5) is 0 Å². The van der Waals surface area contributed by atoms with E-state index in [0.717, 1.165) is 12.1 Å². The van der Waals surface area contributed by atoms with E-state index in [9.17, 15) is 4.79 Å². The van der Waals surface area contributed by atoms with Crippen molar-refractivity contribution in [1.29, 1.82) is 0 Å². The van der Waals surface area contributed by atoms with Gasteiger partial charge in [0.2, 0.25) is 0 Å². The first kappa shape index (κ1) is 17.0. The molecule has 0 spiro atoms. The Morgan fingerprint density at radius 1 is 1.25 bits per heavy atom. The van der Waals surface area contributed by atoms with Crippen LogP contribution in [0.2, 0.25) is 0 Å². The van der Waals surface area contributed by atoms with E-state index in [1.165, 1.54) is 38.4 Å². The van der Waals surface area contributed by atoms with Crippen molar-refractivity contribution in [3.05, 3.63) is 47.2 Å². The van der Waals surface area contributed by atoms with Gasteiger partial charge in [-0.1, -0.05) is 43.2 Å². The van der Waals surface area contributed by atoms with Gasteiger partial charge in [-0.3, -0.25) is 0 Å². The van der Waals surface area contributed by atoms with E-state index in [1.807, 2.05) is 25.1 Å². The van der Waals surface area contributed by atoms with Gasteiger partial charge in [0.15, 0.2) is 0 Å². The lowest BCUT2D eigenvalue weighted by Crippen LogP contribution is -2.39. The van der Waals surface area contributed by atoms with Crippen LogP contribution in [0.25, 0.3) is 0 Å². The van der Waals surface area contributed by atoms with Gasteiger partial charge in [-0.15, -0.1) is 0 Å². The highest BCUT2D eigenvalue weighted by molar-refractivity contribution is 5.90. The van der Waals surface area contributed by atoms with E-state index in [-0.39, 0.29) is 18.2 Å². The van der Waals surface area contributed by atoms with Crippen LogP contribution >= 0.6 is 0 Å². The summed E-state index contributed by atoms with van der Waals surface area (Å²) >= 11 is 0. The second-order valence-corrected chi connectivity index (χ2v) is 6.79. The summed E-state index contributed by atoms with van der Waals surface area (Å²) in [6.45, 7) is 2.67. The highest BCUT2D eigenvalue weighted by Gasteiger charge is 2.36. The van der Waals surface area contributed by atoms with Crippen LogP contribution in [-0.2, 0) is 20.8 Å². The first-order valence-electron chi connectivity index (χ1n) is 8.93. The molecule has 0 aromatic heterocycles. The number of carbonyl (C=O) groups is 1. The molecule has 24 heavy (non-hydrogen) atoms. The van der Waals surface area contributed by atoms with Crippen molar-refractivity contribution in [2.24, 2.45) is 5.92 Å². The summed E-state index contributed by atoms with van der Waals surface area (Å²) in [6.07, 6.45) is 5.79. The van der Waals surface area contributed by atoms with Crippen LogP contribution in [0.1, 0.15) is 44.6 Å². The SMILES string of the molecule is COC(=O)C1=C(NCc2ccccc2)C[C@@H](C2CCCC2)O[C@H]1C. The Labute approximate surface area is 144 Å². The number of nitrogens with one attached hydrogen (secondary N) is 1. The lowest BCUT2D eigenvalue weighted by molar-refractivity contribution is -0.139. The Kier molecular flexibility index (Phi) is 5.56. The number of carbonyl (C=O) groups excluding carboxylic acids is 1. The smallest absolute Gasteiger partial charge is 0.338 e. The monoisotopic (exact) mass is 329 g/mol. The molecule has 1 fully saturated rings. The quantitative estimate of drug-likeness (QED) is 0.839. The first-order valence-corrected chi connectivity index (χ1v) is 8.93. The highest BCUT2D eigenvalue weighted by Crippen LogP contribution is 2.36. The molecule has 0 saturated heterocycles. The van der Waals surface area contributed by atoms with Gasteiger partial charge in [-0.25, -0.2) is 4.79 Å². The first-order chi connectivity index (χ1) is 11.7. The molecule has 1 aliphatic carbocycles. The molecule has 0 radical (unpaired) electrons. The van der Waals surface area contributed by atoms with Crippen LogP contribution in [-0.4, -0.2) is 25.3 Å². The lowest BCUT2D eigenvalue weighted by Gasteiger charge is -2.35. The van der Waals surface area contributed by atoms with Crippen molar-refractivity contribution < 1.29 is 14.3 Å². The van der Waals surface area contributed by atoms with Gasteiger partial charge >= 0.3 is 5.97 Å². The van der Waals surface area contributed by atoms with Crippen molar-refractivity contribution in [2.75, 3.05) is 7.11 Å². The third-order valence-electron chi connectivity index (χ3n) is 5.20. The highest BCUT2D eigenvalue weighted by atomic mass is 16.5. The fourth-order valence-electron chi connectivity index (χ4n) is 3.91. The van der Waals surface area contributed by atoms with E-state index < -0.39 is 0 Å². The normalized spacial score (nSPS) is 24.9. The largest absolute Gasteiger partial charge is 0.466 e. The van der Waals surface area contributed by atoms with Crippen molar-refractivity contribution in [1.82, 2.24) is 5.32 Å². The van der Waals surface area contributed by atoms with Gasteiger partial charge in [0.25, 0.3) is 0 Å². The second kappa shape index (κ2) is 7.84. The number of benzene rings is 1. The zero-order chi connectivity index (χ0) is 16.9. The fraction of sp³-hybridized carbons (Fsp3) is 0.550. The minimum atomic E-state index is -0.289. The van der Waals surface area contributed by atoms with Gasteiger partial charge in [-0.05, 0) is 31.2 Å². The molecule has 2 atom stereocenters. The average Bonchev–Trinajstić information content (AvgIpc) is 3.14. The summed E-state index contributed by atoms with van der Waals surface area (Å²) < 4.78 is 11.2. The van der Waals surface area contributed by atoms with Crippen LogP contribution in [0.3, 0.4) is 0 Å². The summed E-state index contributed by atoms with van der Waals surface area (Å²) in [4.78, 5) is 12.2. The van der Waals surface area contributed by atoms with Crippen molar-refractivity contribution in [3.8, 4) is 0 Å². The molecule has 0 unspecified atom stereocenters. The van der Waals surface area contributed by atoms with Crippen LogP contribution < -0.4 is 5.32 Å². The maximum Gasteiger partial charge on any atom is 0.338 e. The second-order valence-electron chi connectivity index (χ2n) is 6.79. The molecule has 2 aliphatic rings. The number of methoxy groups -OCH3 is 1. The van der Waals surface area contributed by atoms with Gasteiger partial charge < -0.3 is 14.8 Å². The number of esters is 1. The molecule has 4 heteroatoms. The molecule has 3 rings (SSSR count). The molecular weight excluding hydrogens is 302 g/mol. The van der Waals surface area contributed by atoms with Gasteiger partial charge in [0.05, 0.1) is 24.9 Å². The summed E-state index contributed by atoms with van der Waals surface area (Å²) in [5, 5.41) is 3.49. The summed E-state index contributed by atoms with van der Waals surface area (Å²) in [6, 6.07) is 10.2. The Bertz CT molecular complexity index is 590. The molecule has 4 nitrogen and oxygen atoms in total. The standard InChI is InChI=1S/C20H27NO3/c1-14-19(20(22)23-2)17(21-13-15-8-4-3-5-9-15)12-18(24-14)16-10-6-7-11-16/h3-5,8-9,14,16,18,21H,6-7,10-13H2,1-2H3/t14-,18-/m0/s1. The van der Waals surface area contributed by atoms with E-state index in [1.54, 1.807) is 0 Å². The zero-order valence-corrected chi connectivity index (χ0v) is 14.6. The molecule has 1 aromatic carbocycles. The van der Waals surface area contributed by atoms with E-state index >= 15 is 0 Å². The van der Waals surface area contributed by atoms with Crippen LogP contribution in [0.5, 0.6) is 0 Å². The third kappa shape index (κ3) is 3.81. The maximum atomic E-state index is 12.2. The van der Waals surface area contributed by atoms with Crippen molar-refractivity contribution >= 4 is 5.97 Å². The van der Waals surface area contributed by atoms with Crippen LogP contribution in [0, 0.1) is 5.92 Å². The topological polar surface area (TPSA) is 47.6 Å². The van der Waals surface area contributed by atoms with E-state index in [2.05, 4.69) is 17.4 Å². The van der Waals surface area contributed by atoms with Gasteiger partial charge in [0.1, 0.15) is 0 Å². The van der Waals surface area contributed by atoms with Crippen molar-refractivity contribution in [2.45, 2.75) is 57.8 Å². The zero-order valence-electron chi connectivity index (χ0n) is 14.6. The third-order valence-corrected chi connectivity index (χ3v) is 5.20. The summed E-state index contributed by atoms with van der Waals surface area (Å²) in [5.74, 6) is 0.322. The van der Waals surface area contributed by atoms with E-state index in [0.29, 0.717) is 18.0 Å². The number of hydrogen-bond acceptors (Lipinski definition) is 4. The van der Waals surface area contributed by atoms with Crippen LogP contribution in [0.15, 0.2) is 41.6 Å². The summed E-state index contributed by atoms with van der Waals surface area (Å²) in [5.41, 5.74) is 2.83. The number of ether oxygens (including phenoxy) is 2. The Hall–Kier alpha value is -1.81. The van der Waals surface area contributed by atoms with Gasteiger partial charge in [-0.2, -0.15) is 0 Å².